The van der Waals surface area contributed by atoms with Gasteiger partial charge in [-0.25, -0.2) is 0 Å². The molecule has 0 saturated heterocycles. The Morgan fingerprint density at radius 1 is 1.40 bits per heavy atom. The molecule has 1 aromatic rings. The van der Waals surface area contributed by atoms with Crippen LogP contribution in [0.1, 0.15) is 11.6 Å². The molecule has 1 atom stereocenters. The van der Waals surface area contributed by atoms with Gasteiger partial charge < -0.3 is 15.6 Å². The van der Waals surface area contributed by atoms with Crippen LogP contribution in [0.3, 0.4) is 0 Å². The Labute approximate surface area is 84.3 Å². The van der Waals surface area contributed by atoms with E-state index >= 15 is 0 Å². The fourth-order valence-corrected chi connectivity index (χ4v) is 1.09. The third-order valence-corrected chi connectivity index (χ3v) is 1.91. The van der Waals surface area contributed by atoms with Crippen LogP contribution in [0.25, 0.3) is 0 Å². The smallest absolute Gasteiger partial charge is 0.407 e. The van der Waals surface area contributed by atoms with Gasteiger partial charge in [0.1, 0.15) is 6.04 Å². The van der Waals surface area contributed by atoms with E-state index in [0.29, 0.717) is 0 Å². The third kappa shape index (κ3) is 2.53. The summed E-state index contributed by atoms with van der Waals surface area (Å²) in [7, 11) is 1.30. The van der Waals surface area contributed by atoms with Crippen molar-refractivity contribution in [2.24, 2.45) is 5.73 Å². The van der Waals surface area contributed by atoms with Gasteiger partial charge >= 0.3 is 6.18 Å². The summed E-state index contributed by atoms with van der Waals surface area (Å²) < 4.78 is 41.3. The molecule has 84 valence electrons. The van der Waals surface area contributed by atoms with E-state index < -0.39 is 12.2 Å². The van der Waals surface area contributed by atoms with Gasteiger partial charge in [-0.1, -0.05) is 6.07 Å². The lowest BCUT2D eigenvalue weighted by Gasteiger charge is -2.16. The molecule has 1 rings (SSSR count). The average Bonchev–Trinajstić information content (AvgIpc) is 2.15. The Morgan fingerprint density at radius 2 is 2.00 bits per heavy atom. The van der Waals surface area contributed by atoms with E-state index in [1.165, 1.54) is 13.2 Å². The predicted octanol–water partition coefficient (Wildman–Crippen LogP) is 1.96. The van der Waals surface area contributed by atoms with Crippen molar-refractivity contribution in [3.8, 4) is 11.5 Å². The zero-order chi connectivity index (χ0) is 11.6. The van der Waals surface area contributed by atoms with E-state index in [2.05, 4.69) is 0 Å². The van der Waals surface area contributed by atoms with E-state index in [1.807, 2.05) is 0 Å². The van der Waals surface area contributed by atoms with Gasteiger partial charge in [0.05, 0.1) is 7.11 Å². The van der Waals surface area contributed by atoms with E-state index in [1.54, 1.807) is 0 Å². The van der Waals surface area contributed by atoms with Crippen molar-refractivity contribution >= 4 is 0 Å². The summed E-state index contributed by atoms with van der Waals surface area (Å²) in [6.45, 7) is 0. The second-order valence-electron chi connectivity index (χ2n) is 2.95. The molecule has 0 radical (unpaired) electrons. The minimum atomic E-state index is -4.53. The summed E-state index contributed by atoms with van der Waals surface area (Å²) in [6, 6.07) is 1.23. The molecule has 0 spiro atoms. The van der Waals surface area contributed by atoms with Crippen molar-refractivity contribution in [2.45, 2.75) is 12.2 Å². The highest BCUT2D eigenvalue weighted by atomic mass is 19.4. The van der Waals surface area contributed by atoms with Gasteiger partial charge in [-0.15, -0.1) is 0 Å². The minimum Gasteiger partial charge on any atom is -0.504 e. The molecule has 3 N–H and O–H groups in total. The Bertz CT molecular complexity index is 352. The normalized spacial score (nSPS) is 13.7. The predicted molar refractivity (Wildman–Crippen MR) is 47.6 cm³/mol. The van der Waals surface area contributed by atoms with Crippen LogP contribution in [-0.2, 0) is 0 Å². The van der Waals surface area contributed by atoms with Crippen molar-refractivity contribution < 1.29 is 23.0 Å². The van der Waals surface area contributed by atoms with Crippen molar-refractivity contribution in [3.63, 3.8) is 0 Å². The summed E-state index contributed by atoms with van der Waals surface area (Å²) in [5.74, 6) is -0.261. The van der Waals surface area contributed by atoms with Crippen LogP contribution in [-0.4, -0.2) is 18.4 Å². The molecular weight excluding hydrogens is 211 g/mol. The van der Waals surface area contributed by atoms with Crippen molar-refractivity contribution in [1.82, 2.24) is 0 Å². The fourth-order valence-electron chi connectivity index (χ4n) is 1.09. The van der Waals surface area contributed by atoms with E-state index in [4.69, 9.17) is 10.5 Å². The lowest BCUT2D eigenvalue weighted by molar-refractivity contribution is -0.149. The number of hydrogen-bond donors (Lipinski definition) is 2. The van der Waals surface area contributed by atoms with Gasteiger partial charge in [-0.2, -0.15) is 13.2 Å². The van der Waals surface area contributed by atoms with Crippen molar-refractivity contribution in [3.05, 3.63) is 23.8 Å². The average molecular weight is 221 g/mol. The van der Waals surface area contributed by atoms with Crippen molar-refractivity contribution in [2.75, 3.05) is 7.11 Å². The number of benzene rings is 1. The second kappa shape index (κ2) is 3.98. The Morgan fingerprint density at radius 3 is 2.40 bits per heavy atom. The van der Waals surface area contributed by atoms with Gasteiger partial charge in [0.15, 0.2) is 11.5 Å². The molecule has 0 saturated carbocycles. The number of halogens is 3. The number of ether oxygens (including phenoxy) is 1. The number of aromatic hydroxyl groups is 1. The zero-order valence-electron chi connectivity index (χ0n) is 7.88. The van der Waals surface area contributed by atoms with E-state index in [0.717, 1.165) is 12.1 Å². The molecule has 0 aliphatic rings. The SMILES string of the molecule is COc1ccc([C@H](N)C(F)(F)F)cc1O. The molecular formula is C9H10F3NO2. The molecule has 0 bridgehead atoms. The maximum Gasteiger partial charge on any atom is 0.407 e. The van der Waals surface area contributed by atoms with Crippen LogP contribution in [0.2, 0.25) is 0 Å². The summed E-state index contributed by atoms with van der Waals surface area (Å²) in [5, 5.41) is 9.26. The van der Waals surface area contributed by atoms with Gasteiger partial charge in [0.25, 0.3) is 0 Å². The number of methoxy groups -OCH3 is 1. The molecule has 1 aromatic carbocycles. The monoisotopic (exact) mass is 221 g/mol. The fraction of sp³-hybridized carbons (Fsp3) is 0.333. The Balaban J connectivity index is 3.02. The quantitative estimate of drug-likeness (QED) is 0.802. The molecule has 0 amide bonds. The Kier molecular flexibility index (Phi) is 3.09. The molecule has 3 nitrogen and oxygen atoms in total. The van der Waals surface area contributed by atoms with Crippen LogP contribution in [0.5, 0.6) is 11.5 Å². The standard InChI is InChI=1S/C9H10F3NO2/c1-15-7-3-2-5(4-6(7)14)8(13)9(10,11)12/h2-4,8,14H,13H2,1H3/t8-/m0/s1. The maximum atomic E-state index is 12.2. The van der Waals surface area contributed by atoms with Gasteiger partial charge in [0.2, 0.25) is 0 Å². The first kappa shape index (κ1) is 11.6. The lowest BCUT2D eigenvalue weighted by atomic mass is 10.1. The molecule has 15 heavy (non-hydrogen) atoms. The zero-order valence-corrected chi connectivity index (χ0v) is 7.88. The van der Waals surface area contributed by atoms with Crippen LogP contribution < -0.4 is 10.5 Å². The molecule has 0 fully saturated rings. The van der Waals surface area contributed by atoms with Crippen molar-refractivity contribution in [1.29, 1.82) is 0 Å². The third-order valence-electron chi connectivity index (χ3n) is 1.91. The van der Waals surface area contributed by atoms with Gasteiger partial charge in [-0.3, -0.25) is 0 Å². The first-order chi connectivity index (χ1) is 6.86. The summed E-state index contributed by atoms with van der Waals surface area (Å²) in [5.41, 5.74) is 4.75. The largest absolute Gasteiger partial charge is 0.504 e. The summed E-state index contributed by atoms with van der Waals surface area (Å²) in [6.07, 6.45) is -4.53. The molecule has 6 heteroatoms. The topological polar surface area (TPSA) is 55.5 Å². The number of rotatable bonds is 2. The van der Waals surface area contributed by atoms with Crippen LogP contribution in [0, 0.1) is 0 Å². The highest BCUT2D eigenvalue weighted by molar-refractivity contribution is 5.42. The number of nitrogens with two attached hydrogens (primary N) is 1. The first-order valence-electron chi connectivity index (χ1n) is 4.05. The van der Waals surface area contributed by atoms with Crippen LogP contribution in [0.15, 0.2) is 18.2 Å². The maximum absolute atomic E-state index is 12.2. The highest BCUT2D eigenvalue weighted by Gasteiger charge is 2.38. The second-order valence-corrected chi connectivity index (χ2v) is 2.95. The summed E-state index contributed by atoms with van der Waals surface area (Å²) >= 11 is 0. The number of alkyl halides is 3. The van der Waals surface area contributed by atoms with Crippen LogP contribution in [0.4, 0.5) is 13.2 Å². The minimum absolute atomic E-state index is 0.105. The summed E-state index contributed by atoms with van der Waals surface area (Å²) in [4.78, 5) is 0. The van der Waals surface area contributed by atoms with Gasteiger partial charge in [-0.05, 0) is 17.7 Å². The highest BCUT2D eigenvalue weighted by Crippen LogP contribution is 2.34. The van der Waals surface area contributed by atoms with Gasteiger partial charge in [0, 0.05) is 0 Å². The van der Waals surface area contributed by atoms with Crippen LogP contribution >= 0.6 is 0 Å². The number of phenols is 1. The van der Waals surface area contributed by atoms with E-state index in [-0.39, 0.29) is 17.1 Å². The lowest BCUT2D eigenvalue weighted by Crippen LogP contribution is -2.28. The molecule has 0 aliphatic heterocycles. The molecule has 0 unspecified atom stereocenters. The van der Waals surface area contributed by atoms with E-state index in [9.17, 15) is 18.3 Å². The number of hydrogen-bond acceptors (Lipinski definition) is 3. The Hall–Kier alpha value is -1.43. The number of phenolic OH excluding ortho intramolecular Hbond substituents is 1. The molecule has 0 aromatic heterocycles. The first-order valence-corrected chi connectivity index (χ1v) is 4.05. The molecule has 0 heterocycles. The molecule has 0 aliphatic carbocycles.